The summed E-state index contributed by atoms with van der Waals surface area (Å²) in [6.45, 7) is 0.655. The molecule has 1 fully saturated rings. The lowest BCUT2D eigenvalue weighted by Crippen LogP contribution is -2.32. The van der Waals surface area contributed by atoms with Gasteiger partial charge in [-0.05, 0) is 88.8 Å². The van der Waals surface area contributed by atoms with Gasteiger partial charge in [0, 0.05) is 27.7 Å². The Balaban J connectivity index is 0.000000161. The van der Waals surface area contributed by atoms with Crippen molar-refractivity contribution in [1.82, 2.24) is 10.3 Å². The van der Waals surface area contributed by atoms with E-state index in [-0.39, 0.29) is 11.8 Å². The molecule has 1 heterocycles. The summed E-state index contributed by atoms with van der Waals surface area (Å²) in [6.07, 6.45) is 3.53. The van der Waals surface area contributed by atoms with Crippen LogP contribution in [0.2, 0.25) is 10.0 Å². The van der Waals surface area contributed by atoms with Gasteiger partial charge < -0.3 is 15.1 Å². The Bertz CT molecular complexity index is 2450. The van der Waals surface area contributed by atoms with Gasteiger partial charge in [-0.15, -0.1) is 0 Å². The molecule has 7 aromatic rings. The van der Waals surface area contributed by atoms with Crippen LogP contribution in [0.4, 0.5) is 5.69 Å². The van der Waals surface area contributed by atoms with Gasteiger partial charge in [-0.2, -0.15) is 0 Å². The molecule has 1 aromatic heterocycles. The normalized spacial score (nSPS) is 12.6. The first-order chi connectivity index (χ1) is 24.3. The molecule has 1 aliphatic carbocycles. The third-order valence-electron chi connectivity index (χ3n) is 8.89. The molecule has 2 amide bonds. The molecule has 0 spiro atoms. The molecule has 0 aliphatic heterocycles. The van der Waals surface area contributed by atoms with E-state index < -0.39 is 5.63 Å². The zero-order valence-corrected chi connectivity index (χ0v) is 28.3. The molecule has 0 radical (unpaired) electrons. The Morgan fingerprint density at radius 1 is 0.700 bits per heavy atom. The van der Waals surface area contributed by atoms with Crippen LogP contribution in [0, 0.1) is 5.92 Å². The summed E-state index contributed by atoms with van der Waals surface area (Å²) >= 11 is 12.0. The van der Waals surface area contributed by atoms with E-state index in [4.69, 9.17) is 27.6 Å². The monoisotopic (exact) mass is 699 g/mol. The molecule has 0 saturated heterocycles. The molecule has 9 heteroatoms. The Morgan fingerprint density at radius 3 is 2.12 bits per heavy atom. The molecule has 50 heavy (non-hydrogen) atoms. The Kier molecular flexibility index (Phi) is 9.60. The number of benzene rings is 6. The quantitative estimate of drug-likeness (QED) is 0.180. The maximum Gasteiger partial charge on any atom is 0.347 e. The average molecular weight is 701 g/mol. The van der Waals surface area contributed by atoms with Gasteiger partial charge in [0.15, 0.2) is 0 Å². The number of nitrogens with one attached hydrogen (secondary N) is 2. The number of carbonyl (C=O) groups excluding carboxylic acids is 2. The van der Waals surface area contributed by atoms with Crippen molar-refractivity contribution >= 4 is 73.2 Å². The fourth-order valence-corrected chi connectivity index (χ4v) is 6.37. The van der Waals surface area contributed by atoms with E-state index in [0.717, 1.165) is 39.9 Å². The van der Waals surface area contributed by atoms with Gasteiger partial charge in [-0.25, -0.2) is 9.78 Å². The molecule has 0 unspecified atom stereocenters. The third kappa shape index (κ3) is 7.10. The minimum atomic E-state index is -0.435. The number of nitrogens with zero attached hydrogens (tertiary/aromatic N) is 1. The van der Waals surface area contributed by atoms with Crippen molar-refractivity contribution in [3.8, 4) is 11.5 Å². The highest BCUT2D eigenvalue weighted by atomic mass is 35.5. The minimum absolute atomic E-state index is 0.220. The molecule has 6 aromatic carbocycles. The zero-order chi connectivity index (χ0) is 34.6. The van der Waals surface area contributed by atoms with Gasteiger partial charge in [0.25, 0.3) is 11.8 Å². The standard InChI is InChI=1S/C23H21ClN2O2.C18H10ClNO2/c24-17-11-12-21(20(13-17)22(27)25-14-15-5-3-6-15)26-23(28)19-10-4-8-16-7-1-2-9-18(16)19;19-12-8-9-16-15(10-12)18(21)22-17(20-16)14-7-3-5-11-4-1-2-6-13(11)14/h1-2,4,7-13,15H,3,5-6,14H2,(H,25,27)(H,26,28);1-10H. The smallest absolute Gasteiger partial charge is 0.347 e. The maximum atomic E-state index is 12.9. The predicted molar refractivity (Wildman–Crippen MR) is 201 cm³/mol. The fraction of sp³-hybridized carbons (Fsp3) is 0.122. The summed E-state index contributed by atoms with van der Waals surface area (Å²) in [6, 6.07) is 37.0. The van der Waals surface area contributed by atoms with Crippen LogP contribution in [0.3, 0.4) is 0 Å². The summed E-state index contributed by atoms with van der Waals surface area (Å²) < 4.78 is 5.41. The van der Waals surface area contributed by atoms with Gasteiger partial charge >= 0.3 is 5.63 Å². The lowest BCUT2D eigenvalue weighted by molar-refractivity contribution is 0.0940. The first-order valence-corrected chi connectivity index (χ1v) is 17.0. The predicted octanol–water partition coefficient (Wildman–Crippen LogP) is 9.94. The summed E-state index contributed by atoms with van der Waals surface area (Å²) in [5.74, 6) is 0.392. The second-order valence-electron chi connectivity index (χ2n) is 12.2. The highest BCUT2D eigenvalue weighted by Crippen LogP contribution is 2.29. The SMILES string of the molecule is O=C(NCC1CCC1)c1cc(Cl)ccc1NC(=O)c1cccc2ccccc12.O=c1oc(-c2cccc3ccccc23)nc2ccc(Cl)cc12. The number of aromatic nitrogens is 1. The van der Waals surface area contributed by atoms with Crippen LogP contribution in [-0.4, -0.2) is 23.3 Å². The van der Waals surface area contributed by atoms with Crippen LogP contribution in [-0.2, 0) is 0 Å². The van der Waals surface area contributed by atoms with Crippen LogP contribution in [0.25, 0.3) is 43.9 Å². The van der Waals surface area contributed by atoms with Crippen LogP contribution >= 0.6 is 23.2 Å². The van der Waals surface area contributed by atoms with E-state index in [9.17, 15) is 14.4 Å². The number of carbonyl (C=O) groups is 2. The molecule has 248 valence electrons. The molecule has 7 nitrogen and oxygen atoms in total. The van der Waals surface area contributed by atoms with Gasteiger partial charge in [0.05, 0.1) is 22.2 Å². The first-order valence-electron chi connectivity index (χ1n) is 16.3. The summed E-state index contributed by atoms with van der Waals surface area (Å²) in [5, 5.41) is 11.1. The maximum absolute atomic E-state index is 12.9. The number of anilines is 1. The van der Waals surface area contributed by atoms with Crippen molar-refractivity contribution in [1.29, 1.82) is 0 Å². The first kappa shape index (κ1) is 33.0. The van der Waals surface area contributed by atoms with Crippen LogP contribution in [0.5, 0.6) is 0 Å². The van der Waals surface area contributed by atoms with E-state index in [1.807, 2.05) is 78.9 Å². The Labute approximate surface area is 297 Å². The van der Waals surface area contributed by atoms with E-state index in [2.05, 4.69) is 15.6 Å². The lowest BCUT2D eigenvalue weighted by atomic mass is 9.85. The number of hydrogen-bond donors (Lipinski definition) is 2. The average Bonchev–Trinajstić information content (AvgIpc) is 3.11. The van der Waals surface area contributed by atoms with E-state index in [1.165, 1.54) is 6.42 Å². The number of fused-ring (bicyclic) bond motifs is 3. The van der Waals surface area contributed by atoms with E-state index >= 15 is 0 Å². The molecular weight excluding hydrogens is 669 g/mol. The van der Waals surface area contributed by atoms with Crippen molar-refractivity contribution in [3.63, 3.8) is 0 Å². The second kappa shape index (κ2) is 14.5. The minimum Gasteiger partial charge on any atom is -0.403 e. The van der Waals surface area contributed by atoms with Crippen molar-refractivity contribution < 1.29 is 14.0 Å². The number of rotatable bonds is 6. The van der Waals surface area contributed by atoms with Crippen LogP contribution < -0.4 is 16.3 Å². The summed E-state index contributed by atoms with van der Waals surface area (Å²) in [7, 11) is 0. The topological polar surface area (TPSA) is 101 Å². The fourth-order valence-electron chi connectivity index (χ4n) is 6.03. The van der Waals surface area contributed by atoms with Gasteiger partial charge in [0.2, 0.25) is 5.89 Å². The van der Waals surface area contributed by atoms with E-state index in [0.29, 0.717) is 56.1 Å². The molecule has 2 N–H and O–H groups in total. The summed E-state index contributed by atoms with van der Waals surface area (Å²) in [5.41, 5.74) is 2.33. The highest BCUT2D eigenvalue weighted by Gasteiger charge is 2.21. The molecule has 8 rings (SSSR count). The Hall–Kier alpha value is -5.50. The lowest BCUT2D eigenvalue weighted by Gasteiger charge is -2.25. The molecule has 1 aliphatic rings. The molecule has 1 saturated carbocycles. The summed E-state index contributed by atoms with van der Waals surface area (Å²) in [4.78, 5) is 42.3. The van der Waals surface area contributed by atoms with Crippen molar-refractivity contribution in [2.24, 2.45) is 5.92 Å². The number of halogens is 2. The van der Waals surface area contributed by atoms with Gasteiger partial charge in [-0.3, -0.25) is 9.59 Å². The van der Waals surface area contributed by atoms with Crippen molar-refractivity contribution in [2.75, 3.05) is 11.9 Å². The van der Waals surface area contributed by atoms with E-state index in [1.54, 1.807) is 42.5 Å². The van der Waals surface area contributed by atoms with Crippen LogP contribution in [0.1, 0.15) is 40.0 Å². The molecule has 0 atom stereocenters. The number of hydrogen-bond acceptors (Lipinski definition) is 5. The van der Waals surface area contributed by atoms with Gasteiger partial charge in [0.1, 0.15) is 0 Å². The van der Waals surface area contributed by atoms with Crippen molar-refractivity contribution in [3.05, 3.63) is 153 Å². The number of amides is 2. The largest absolute Gasteiger partial charge is 0.403 e. The highest BCUT2D eigenvalue weighted by molar-refractivity contribution is 6.31. The van der Waals surface area contributed by atoms with Crippen LogP contribution in [0.15, 0.2) is 131 Å². The second-order valence-corrected chi connectivity index (χ2v) is 13.0. The zero-order valence-electron chi connectivity index (χ0n) is 26.8. The Morgan fingerprint density at radius 2 is 1.36 bits per heavy atom. The molecular formula is C41H31Cl2N3O4. The van der Waals surface area contributed by atoms with Gasteiger partial charge in [-0.1, -0.05) is 102 Å². The molecule has 0 bridgehead atoms. The van der Waals surface area contributed by atoms with Crippen molar-refractivity contribution in [2.45, 2.75) is 19.3 Å². The third-order valence-corrected chi connectivity index (χ3v) is 9.36.